The maximum Gasteiger partial charge on any atom is 0.0184 e. The number of rotatable bonds is 2. The SMILES string of the molecule is Cc1ccc(CN)c(-c2c(C)c(C)c(C)c(C)c2C)c1. The van der Waals surface area contributed by atoms with Crippen LogP contribution < -0.4 is 5.73 Å². The summed E-state index contributed by atoms with van der Waals surface area (Å²) in [5, 5.41) is 0. The lowest BCUT2D eigenvalue weighted by Crippen LogP contribution is -2.04. The first-order valence-electron chi connectivity index (χ1n) is 7.25. The summed E-state index contributed by atoms with van der Waals surface area (Å²) >= 11 is 0. The zero-order valence-corrected chi connectivity index (χ0v) is 13.5. The number of aryl methyl sites for hydroxylation is 1. The smallest absolute Gasteiger partial charge is 0.0184 e. The quantitative estimate of drug-likeness (QED) is 0.841. The van der Waals surface area contributed by atoms with Crippen LogP contribution in [0.3, 0.4) is 0 Å². The molecule has 0 atom stereocenters. The van der Waals surface area contributed by atoms with Crippen molar-refractivity contribution in [2.45, 2.75) is 48.1 Å². The Bertz CT molecular complexity index is 637. The lowest BCUT2D eigenvalue weighted by Gasteiger charge is -2.21. The maximum absolute atomic E-state index is 5.94. The third kappa shape index (κ3) is 2.27. The first kappa shape index (κ1) is 14.8. The fraction of sp³-hybridized carbons (Fsp3) is 0.368. The first-order valence-corrected chi connectivity index (χ1v) is 7.25. The molecule has 0 aliphatic carbocycles. The Morgan fingerprint density at radius 3 is 1.75 bits per heavy atom. The van der Waals surface area contributed by atoms with Crippen LogP contribution in [0.4, 0.5) is 0 Å². The van der Waals surface area contributed by atoms with Crippen molar-refractivity contribution in [3.8, 4) is 11.1 Å². The van der Waals surface area contributed by atoms with Gasteiger partial charge in [-0.2, -0.15) is 0 Å². The molecule has 0 fully saturated rings. The molecule has 0 saturated carbocycles. The zero-order valence-electron chi connectivity index (χ0n) is 13.5. The van der Waals surface area contributed by atoms with Crippen molar-refractivity contribution in [3.05, 3.63) is 57.1 Å². The van der Waals surface area contributed by atoms with Crippen molar-refractivity contribution in [2.24, 2.45) is 5.73 Å². The van der Waals surface area contributed by atoms with E-state index >= 15 is 0 Å². The normalized spacial score (nSPS) is 10.9. The van der Waals surface area contributed by atoms with E-state index in [4.69, 9.17) is 5.73 Å². The number of hydrogen-bond acceptors (Lipinski definition) is 1. The van der Waals surface area contributed by atoms with Gasteiger partial charge in [-0.3, -0.25) is 0 Å². The molecule has 0 amide bonds. The summed E-state index contributed by atoms with van der Waals surface area (Å²) < 4.78 is 0. The van der Waals surface area contributed by atoms with E-state index in [1.54, 1.807) is 0 Å². The van der Waals surface area contributed by atoms with Gasteiger partial charge in [0.1, 0.15) is 0 Å². The molecule has 2 N–H and O–H groups in total. The average molecular weight is 267 g/mol. The highest BCUT2D eigenvalue weighted by atomic mass is 14.5. The van der Waals surface area contributed by atoms with Gasteiger partial charge >= 0.3 is 0 Å². The second-order valence-electron chi connectivity index (χ2n) is 5.86. The monoisotopic (exact) mass is 267 g/mol. The van der Waals surface area contributed by atoms with Crippen LogP contribution >= 0.6 is 0 Å². The van der Waals surface area contributed by atoms with Crippen molar-refractivity contribution in [3.63, 3.8) is 0 Å². The van der Waals surface area contributed by atoms with Gasteiger partial charge in [0.15, 0.2) is 0 Å². The van der Waals surface area contributed by atoms with Gasteiger partial charge < -0.3 is 5.73 Å². The van der Waals surface area contributed by atoms with Crippen LogP contribution in [0.25, 0.3) is 11.1 Å². The molecule has 1 nitrogen and oxygen atoms in total. The molecule has 1 heteroatoms. The predicted octanol–water partition coefficient (Wildman–Crippen LogP) is 4.66. The Balaban J connectivity index is 2.86. The molecule has 0 aliphatic rings. The van der Waals surface area contributed by atoms with E-state index in [9.17, 15) is 0 Å². The summed E-state index contributed by atoms with van der Waals surface area (Å²) in [4.78, 5) is 0. The largest absolute Gasteiger partial charge is 0.326 e. The van der Waals surface area contributed by atoms with E-state index in [0.717, 1.165) is 0 Å². The number of benzene rings is 2. The van der Waals surface area contributed by atoms with E-state index in [2.05, 4.69) is 59.7 Å². The molecule has 0 unspecified atom stereocenters. The van der Waals surface area contributed by atoms with Gasteiger partial charge in [0.2, 0.25) is 0 Å². The molecule has 0 heterocycles. The fourth-order valence-electron chi connectivity index (χ4n) is 3.01. The minimum absolute atomic E-state index is 0.584. The minimum Gasteiger partial charge on any atom is -0.326 e. The summed E-state index contributed by atoms with van der Waals surface area (Å²) in [5.74, 6) is 0. The third-order valence-corrected chi connectivity index (χ3v) is 4.75. The number of hydrogen-bond donors (Lipinski definition) is 1. The average Bonchev–Trinajstić information content (AvgIpc) is 2.43. The van der Waals surface area contributed by atoms with Crippen LogP contribution in [0.2, 0.25) is 0 Å². The highest BCUT2D eigenvalue weighted by Gasteiger charge is 2.15. The molecule has 0 bridgehead atoms. The molecular formula is C19H25N. The summed E-state index contributed by atoms with van der Waals surface area (Å²) in [7, 11) is 0. The molecule has 2 aromatic rings. The van der Waals surface area contributed by atoms with Gasteiger partial charge in [0, 0.05) is 6.54 Å². The number of nitrogens with two attached hydrogens (primary N) is 1. The van der Waals surface area contributed by atoms with Crippen LogP contribution in [0.5, 0.6) is 0 Å². The van der Waals surface area contributed by atoms with Crippen LogP contribution in [-0.4, -0.2) is 0 Å². The van der Waals surface area contributed by atoms with Gasteiger partial charge in [-0.1, -0.05) is 23.8 Å². The second kappa shape index (κ2) is 5.41. The topological polar surface area (TPSA) is 26.0 Å². The van der Waals surface area contributed by atoms with Gasteiger partial charge in [-0.05, 0) is 86.1 Å². The minimum atomic E-state index is 0.584. The predicted molar refractivity (Wildman–Crippen MR) is 88.2 cm³/mol. The Kier molecular flexibility index (Phi) is 4.01. The Morgan fingerprint density at radius 1 is 0.750 bits per heavy atom. The van der Waals surface area contributed by atoms with E-state index < -0.39 is 0 Å². The molecule has 0 aliphatic heterocycles. The molecule has 0 spiro atoms. The van der Waals surface area contributed by atoms with Crippen molar-refractivity contribution < 1.29 is 0 Å². The van der Waals surface area contributed by atoms with E-state index in [1.165, 1.54) is 50.1 Å². The lowest BCUT2D eigenvalue weighted by molar-refractivity contribution is 1.07. The summed E-state index contributed by atoms with van der Waals surface area (Å²) in [6, 6.07) is 6.57. The summed E-state index contributed by atoms with van der Waals surface area (Å²) in [6.07, 6.45) is 0. The second-order valence-corrected chi connectivity index (χ2v) is 5.86. The van der Waals surface area contributed by atoms with Gasteiger partial charge in [0.25, 0.3) is 0 Å². The van der Waals surface area contributed by atoms with Crippen molar-refractivity contribution in [2.75, 3.05) is 0 Å². The molecular weight excluding hydrogens is 242 g/mol. The lowest BCUT2D eigenvalue weighted by atomic mass is 9.84. The Hall–Kier alpha value is -1.60. The highest BCUT2D eigenvalue weighted by molar-refractivity contribution is 5.77. The van der Waals surface area contributed by atoms with Gasteiger partial charge in [0.05, 0.1) is 0 Å². The molecule has 0 aromatic heterocycles. The van der Waals surface area contributed by atoms with Crippen LogP contribution in [0.15, 0.2) is 18.2 Å². The van der Waals surface area contributed by atoms with Gasteiger partial charge in [-0.15, -0.1) is 0 Å². The zero-order chi connectivity index (χ0) is 15.0. The van der Waals surface area contributed by atoms with Crippen molar-refractivity contribution >= 4 is 0 Å². The van der Waals surface area contributed by atoms with Crippen LogP contribution in [0.1, 0.15) is 38.9 Å². The van der Waals surface area contributed by atoms with Crippen molar-refractivity contribution in [1.29, 1.82) is 0 Å². The standard InChI is InChI=1S/C19H25N/c1-11-7-8-17(10-20)18(9-11)19-15(5)13(3)12(2)14(4)16(19)6/h7-9H,10,20H2,1-6H3. The van der Waals surface area contributed by atoms with E-state index in [0.29, 0.717) is 6.54 Å². The van der Waals surface area contributed by atoms with Crippen LogP contribution in [0, 0.1) is 41.5 Å². The fourth-order valence-corrected chi connectivity index (χ4v) is 3.01. The molecule has 106 valence electrons. The maximum atomic E-state index is 5.94. The van der Waals surface area contributed by atoms with E-state index in [1.807, 2.05) is 0 Å². The molecule has 0 radical (unpaired) electrons. The summed E-state index contributed by atoms with van der Waals surface area (Å²) in [6.45, 7) is 13.8. The molecule has 2 aromatic carbocycles. The molecule has 2 rings (SSSR count). The Labute approximate surface area is 122 Å². The van der Waals surface area contributed by atoms with Crippen molar-refractivity contribution in [1.82, 2.24) is 0 Å². The van der Waals surface area contributed by atoms with Crippen LogP contribution in [-0.2, 0) is 6.54 Å². The third-order valence-electron chi connectivity index (χ3n) is 4.75. The highest BCUT2D eigenvalue weighted by Crippen LogP contribution is 2.36. The Morgan fingerprint density at radius 2 is 1.25 bits per heavy atom. The molecule has 0 saturated heterocycles. The molecule has 20 heavy (non-hydrogen) atoms. The van der Waals surface area contributed by atoms with E-state index in [-0.39, 0.29) is 0 Å². The van der Waals surface area contributed by atoms with Gasteiger partial charge in [-0.25, -0.2) is 0 Å². The summed E-state index contributed by atoms with van der Waals surface area (Å²) in [5.41, 5.74) is 18.1. The first-order chi connectivity index (χ1) is 9.38.